The van der Waals surface area contributed by atoms with Crippen LogP contribution in [-0.4, -0.2) is 52.6 Å². The third kappa shape index (κ3) is 6.71. The fraction of sp³-hybridized carbons (Fsp3) is 0.550. The Morgan fingerprint density at radius 1 is 1.14 bits per heavy atom. The van der Waals surface area contributed by atoms with Gasteiger partial charge in [-0.25, -0.2) is 4.79 Å². The van der Waals surface area contributed by atoms with E-state index in [4.69, 9.17) is 25.8 Å². The molecule has 1 aliphatic heterocycles. The number of pyridine rings is 1. The average Bonchev–Trinajstić information content (AvgIpc) is 3.20. The van der Waals surface area contributed by atoms with Crippen LogP contribution in [0.3, 0.4) is 0 Å². The Morgan fingerprint density at radius 3 is 2.76 bits per heavy atom. The van der Waals surface area contributed by atoms with Crippen molar-refractivity contribution in [1.82, 2.24) is 4.98 Å². The van der Waals surface area contributed by atoms with Crippen LogP contribution >= 0.6 is 11.6 Å². The predicted molar refractivity (Wildman–Crippen MR) is 190 cm³/mol. The zero-order valence-corrected chi connectivity index (χ0v) is 29.4. The minimum absolute atomic E-state index is 0.0645. The lowest BCUT2D eigenvalue weighted by atomic mass is 9.59. The fourth-order valence-corrected chi connectivity index (χ4v) is 9.40. The molecule has 8 nitrogen and oxygen atoms in total. The Labute approximate surface area is 294 Å². The Kier molecular flexibility index (Phi) is 9.73. The lowest BCUT2D eigenvalue weighted by molar-refractivity contribution is -0.144. The summed E-state index contributed by atoms with van der Waals surface area (Å²) in [6, 6.07) is 13.7. The Balaban J connectivity index is 1.16. The minimum atomic E-state index is -1.09. The van der Waals surface area contributed by atoms with Gasteiger partial charge >= 0.3 is 5.97 Å². The molecule has 2 aromatic carbocycles. The molecule has 1 fully saturated rings. The van der Waals surface area contributed by atoms with E-state index in [1.807, 2.05) is 24.4 Å². The number of carboxylic acids is 1. The molecular weight excluding hydrogens is 640 g/mol. The highest BCUT2D eigenvalue weighted by atomic mass is 35.5. The first kappa shape index (κ1) is 34.0. The molecule has 0 bridgehead atoms. The van der Waals surface area contributed by atoms with Crippen LogP contribution in [0, 0.1) is 11.8 Å². The first-order valence-corrected chi connectivity index (χ1v) is 18.5. The monoisotopic (exact) mass is 688 g/mol. The van der Waals surface area contributed by atoms with Crippen LogP contribution in [0.15, 0.2) is 48.7 Å². The largest absolute Gasteiger partial charge is 0.493 e. The molecule has 3 aromatic rings. The van der Waals surface area contributed by atoms with Crippen LogP contribution in [0.25, 0.3) is 0 Å². The van der Waals surface area contributed by atoms with Gasteiger partial charge in [0.1, 0.15) is 17.4 Å². The predicted octanol–water partition coefficient (Wildman–Crippen LogP) is 8.11. The SMILES string of the molecule is C[C@@H](COc1ccnc2c1[C@H](C)CCC2)CC1Cc2cc3c(cc2C12CCC(Nc1cccc(Cl)c1)(C(=O)O)CC2)OC(CCO)CCO3. The highest BCUT2D eigenvalue weighted by Crippen LogP contribution is 2.58. The van der Waals surface area contributed by atoms with E-state index in [0.717, 1.165) is 67.9 Å². The number of aliphatic hydroxyl groups is 1. The second-order valence-electron chi connectivity index (χ2n) is 15.0. The summed E-state index contributed by atoms with van der Waals surface area (Å²) < 4.78 is 19.2. The van der Waals surface area contributed by atoms with Gasteiger partial charge in [-0.3, -0.25) is 4.98 Å². The molecule has 7 rings (SSSR count). The molecule has 9 heteroatoms. The van der Waals surface area contributed by atoms with Gasteiger partial charge in [-0.2, -0.15) is 0 Å². The second-order valence-corrected chi connectivity index (χ2v) is 15.5. The first-order chi connectivity index (χ1) is 23.7. The zero-order chi connectivity index (χ0) is 34.2. The van der Waals surface area contributed by atoms with Crippen molar-refractivity contribution in [2.75, 3.05) is 25.1 Å². The van der Waals surface area contributed by atoms with E-state index in [1.165, 1.54) is 28.8 Å². The van der Waals surface area contributed by atoms with E-state index in [2.05, 4.69) is 36.3 Å². The van der Waals surface area contributed by atoms with E-state index in [-0.39, 0.29) is 24.0 Å². The van der Waals surface area contributed by atoms with E-state index in [0.29, 0.717) is 49.3 Å². The molecule has 0 amide bonds. The van der Waals surface area contributed by atoms with E-state index >= 15 is 0 Å². The average molecular weight is 689 g/mol. The highest BCUT2D eigenvalue weighted by Gasteiger charge is 2.54. The number of aryl methyl sites for hydroxylation is 1. The summed E-state index contributed by atoms with van der Waals surface area (Å²) in [4.78, 5) is 17.6. The smallest absolute Gasteiger partial charge is 0.329 e. The number of carbonyl (C=O) groups is 1. The van der Waals surface area contributed by atoms with Crippen molar-refractivity contribution >= 4 is 23.3 Å². The number of halogens is 1. The van der Waals surface area contributed by atoms with Gasteiger partial charge in [-0.05, 0) is 128 Å². The van der Waals surface area contributed by atoms with E-state index in [1.54, 1.807) is 12.1 Å². The van der Waals surface area contributed by atoms with Crippen LogP contribution in [-0.2, 0) is 23.1 Å². The van der Waals surface area contributed by atoms with Gasteiger partial charge in [0.05, 0.1) is 13.2 Å². The van der Waals surface area contributed by atoms with Crippen LogP contribution in [0.5, 0.6) is 17.2 Å². The number of fused-ring (bicyclic) bond motifs is 4. The Morgan fingerprint density at radius 2 is 1.98 bits per heavy atom. The fourth-order valence-electron chi connectivity index (χ4n) is 9.21. The van der Waals surface area contributed by atoms with Crippen LogP contribution < -0.4 is 19.5 Å². The van der Waals surface area contributed by atoms with Gasteiger partial charge in [0.2, 0.25) is 0 Å². The van der Waals surface area contributed by atoms with Gasteiger partial charge in [0, 0.05) is 47.6 Å². The molecule has 1 spiro atoms. The summed E-state index contributed by atoms with van der Waals surface area (Å²) >= 11 is 6.28. The summed E-state index contributed by atoms with van der Waals surface area (Å²) in [7, 11) is 0. The molecule has 49 heavy (non-hydrogen) atoms. The number of aliphatic hydroxyl groups excluding tert-OH is 1. The van der Waals surface area contributed by atoms with Crippen molar-refractivity contribution in [1.29, 1.82) is 0 Å². The lowest BCUT2D eigenvalue weighted by Gasteiger charge is -2.47. The number of rotatable bonds is 10. The topological polar surface area (TPSA) is 110 Å². The molecule has 0 saturated heterocycles. The van der Waals surface area contributed by atoms with Gasteiger partial charge < -0.3 is 29.7 Å². The number of benzene rings is 2. The molecule has 4 aliphatic rings. The maximum Gasteiger partial charge on any atom is 0.329 e. The van der Waals surface area contributed by atoms with Crippen molar-refractivity contribution in [3.63, 3.8) is 0 Å². The van der Waals surface area contributed by atoms with Crippen molar-refractivity contribution in [3.8, 4) is 17.2 Å². The van der Waals surface area contributed by atoms with Gasteiger partial charge in [-0.1, -0.05) is 31.5 Å². The molecule has 3 aliphatic carbocycles. The molecule has 1 saturated carbocycles. The molecule has 4 atom stereocenters. The number of ether oxygens (including phenoxy) is 3. The highest BCUT2D eigenvalue weighted by molar-refractivity contribution is 6.30. The summed E-state index contributed by atoms with van der Waals surface area (Å²) in [5, 5.41) is 24.2. The standard InChI is InChI=1S/C40H49ClN2O6/c1-25(24-48-34-9-16-42-33-8-3-5-26(2)37(33)34)19-28-20-27-21-35-36(49-31(10-17-44)11-18-47-35)23-32(27)39(28)12-14-40(15-13-39,38(45)46)43-30-7-4-6-29(41)22-30/h4,6-7,9,16,21-23,25-26,28,31,43-44H,3,5,8,10-15,17-20,24H2,1-2H3,(H,45,46)/t25-,26-,28?,31?,39?,40?/m1/s1. The number of aromatic nitrogens is 1. The van der Waals surface area contributed by atoms with E-state index in [9.17, 15) is 15.0 Å². The number of hydrogen-bond acceptors (Lipinski definition) is 7. The summed E-state index contributed by atoms with van der Waals surface area (Å²) in [6.45, 7) is 5.78. The maximum atomic E-state index is 13.0. The third-order valence-corrected chi connectivity index (χ3v) is 12.0. The van der Waals surface area contributed by atoms with Crippen LogP contribution in [0.1, 0.15) is 99.9 Å². The van der Waals surface area contributed by atoms with Crippen molar-refractivity contribution in [2.24, 2.45) is 11.8 Å². The second kappa shape index (κ2) is 14.0. The number of nitrogens with zero attached hydrogens (tertiary/aromatic N) is 1. The summed E-state index contributed by atoms with van der Waals surface area (Å²) in [6.07, 6.45) is 10.7. The van der Waals surface area contributed by atoms with Gasteiger partial charge in [0.15, 0.2) is 11.5 Å². The molecule has 1 aromatic heterocycles. The zero-order valence-electron chi connectivity index (χ0n) is 28.7. The molecule has 2 unspecified atom stereocenters. The van der Waals surface area contributed by atoms with Crippen molar-refractivity contribution < 1.29 is 29.2 Å². The minimum Gasteiger partial charge on any atom is -0.493 e. The van der Waals surface area contributed by atoms with Gasteiger partial charge in [-0.15, -0.1) is 0 Å². The Hall–Kier alpha value is -3.49. The molecule has 3 N–H and O–H groups in total. The normalized spacial score (nSPS) is 27.9. The summed E-state index contributed by atoms with van der Waals surface area (Å²) in [5.41, 5.74) is 4.40. The number of nitrogens with one attached hydrogen (secondary N) is 1. The Bertz CT molecular complexity index is 1670. The molecule has 0 radical (unpaired) electrons. The van der Waals surface area contributed by atoms with E-state index < -0.39 is 11.5 Å². The van der Waals surface area contributed by atoms with Crippen molar-refractivity contribution in [2.45, 2.75) is 107 Å². The van der Waals surface area contributed by atoms with Gasteiger partial charge in [0.25, 0.3) is 0 Å². The number of anilines is 1. The first-order valence-electron chi connectivity index (χ1n) is 18.1. The number of carboxylic acid groups (broad SMARTS) is 1. The number of hydrogen-bond donors (Lipinski definition) is 3. The summed E-state index contributed by atoms with van der Waals surface area (Å²) in [5.74, 6) is 2.68. The molecule has 262 valence electrons. The van der Waals surface area contributed by atoms with Crippen molar-refractivity contribution in [3.05, 3.63) is 76.1 Å². The third-order valence-electron chi connectivity index (χ3n) is 11.8. The number of aliphatic carboxylic acids is 1. The molecule has 2 heterocycles. The lowest BCUT2D eigenvalue weighted by Crippen LogP contribution is -2.53. The molecular formula is C40H49ClN2O6. The quantitative estimate of drug-likeness (QED) is 0.196. The van der Waals surface area contributed by atoms with Crippen LogP contribution in [0.4, 0.5) is 5.69 Å². The maximum absolute atomic E-state index is 13.0. The van der Waals surface area contributed by atoms with Crippen LogP contribution in [0.2, 0.25) is 5.02 Å².